The topological polar surface area (TPSA) is 83.0 Å². The average molecular weight is 519 g/mol. The number of nitrogens with one attached hydrogen (secondary N) is 2. The van der Waals surface area contributed by atoms with Crippen molar-refractivity contribution in [1.29, 1.82) is 0 Å². The number of fused-ring (bicyclic) bond motifs is 1. The second kappa shape index (κ2) is 11.4. The monoisotopic (exact) mass is 518 g/mol. The van der Waals surface area contributed by atoms with E-state index >= 15 is 0 Å². The summed E-state index contributed by atoms with van der Waals surface area (Å²) in [6.07, 6.45) is 6.45. The van der Waals surface area contributed by atoms with E-state index < -0.39 is 0 Å². The number of methoxy groups -OCH3 is 1. The molecule has 3 aliphatic rings. The number of anilines is 2. The van der Waals surface area contributed by atoms with Crippen molar-refractivity contribution in [2.24, 2.45) is 10.9 Å². The number of amidine groups is 1. The number of hydrogen-bond acceptors (Lipinski definition) is 6. The Kier molecular flexibility index (Phi) is 7.84. The summed E-state index contributed by atoms with van der Waals surface area (Å²) in [6.45, 7) is 2.75. The number of benzene rings is 2. The maximum Gasteiger partial charge on any atom is 0.255 e. The molecule has 1 unspecified atom stereocenters. The van der Waals surface area contributed by atoms with Gasteiger partial charge in [0.25, 0.3) is 5.91 Å². The van der Waals surface area contributed by atoms with E-state index in [0.717, 1.165) is 72.3 Å². The number of ether oxygens (including phenoxy) is 1. The van der Waals surface area contributed by atoms with Crippen molar-refractivity contribution in [3.8, 4) is 5.75 Å². The van der Waals surface area contributed by atoms with Crippen LogP contribution in [0.4, 0.5) is 11.4 Å². The van der Waals surface area contributed by atoms with E-state index in [2.05, 4.69) is 15.5 Å². The Hall–Kier alpha value is -3.26. The molecule has 2 N–H and O–H groups in total. The molecule has 0 spiro atoms. The van der Waals surface area contributed by atoms with Crippen LogP contribution in [-0.2, 0) is 9.59 Å². The molecule has 37 heavy (non-hydrogen) atoms. The molecule has 1 saturated carbocycles. The Balaban J connectivity index is 1.39. The number of nitrogens with zero attached hydrogens (tertiary/aromatic N) is 2. The summed E-state index contributed by atoms with van der Waals surface area (Å²) in [5, 5.41) is 7.11. The molecular weight excluding hydrogens is 484 g/mol. The van der Waals surface area contributed by atoms with Crippen molar-refractivity contribution in [1.82, 2.24) is 4.90 Å². The van der Waals surface area contributed by atoms with E-state index in [4.69, 9.17) is 9.73 Å². The fraction of sp³-hybridized carbons (Fsp3) is 0.414. The summed E-state index contributed by atoms with van der Waals surface area (Å²) in [6, 6.07) is 15.0. The van der Waals surface area contributed by atoms with E-state index in [1.54, 1.807) is 18.9 Å². The molecule has 0 aromatic heterocycles. The van der Waals surface area contributed by atoms with Crippen LogP contribution < -0.4 is 15.4 Å². The maximum absolute atomic E-state index is 13.6. The molecule has 8 heteroatoms. The summed E-state index contributed by atoms with van der Waals surface area (Å²) in [4.78, 5) is 33.4. The van der Waals surface area contributed by atoms with Gasteiger partial charge in [0.15, 0.2) is 5.17 Å². The zero-order valence-corrected chi connectivity index (χ0v) is 22.3. The molecule has 1 aliphatic carbocycles. The van der Waals surface area contributed by atoms with Crippen LogP contribution in [0.3, 0.4) is 0 Å². The van der Waals surface area contributed by atoms with Crippen molar-refractivity contribution in [3.05, 3.63) is 65.4 Å². The van der Waals surface area contributed by atoms with Gasteiger partial charge in [-0.2, -0.15) is 0 Å². The lowest BCUT2D eigenvalue weighted by Crippen LogP contribution is -2.43. The molecular formula is C29H34N4O3S. The molecule has 2 fully saturated rings. The minimum absolute atomic E-state index is 0.106. The highest BCUT2D eigenvalue weighted by molar-refractivity contribution is 8.13. The van der Waals surface area contributed by atoms with E-state index in [0.29, 0.717) is 11.3 Å². The molecule has 194 valence electrons. The highest BCUT2D eigenvalue weighted by atomic mass is 32.2. The van der Waals surface area contributed by atoms with Crippen LogP contribution >= 0.6 is 11.8 Å². The van der Waals surface area contributed by atoms with Gasteiger partial charge in [0.05, 0.1) is 24.4 Å². The van der Waals surface area contributed by atoms with Gasteiger partial charge in [-0.25, -0.2) is 4.99 Å². The van der Waals surface area contributed by atoms with Crippen LogP contribution in [-0.4, -0.2) is 41.3 Å². The second-order valence-corrected chi connectivity index (χ2v) is 10.9. The molecule has 7 nitrogen and oxygen atoms in total. The predicted molar refractivity (Wildman–Crippen MR) is 150 cm³/mol. The lowest BCUT2D eigenvalue weighted by atomic mass is 9.88. The minimum Gasteiger partial charge on any atom is -0.497 e. The van der Waals surface area contributed by atoms with Gasteiger partial charge in [-0.15, -0.1) is 0 Å². The van der Waals surface area contributed by atoms with Crippen molar-refractivity contribution in [3.63, 3.8) is 0 Å². The van der Waals surface area contributed by atoms with Crippen LogP contribution in [0, 0.1) is 5.92 Å². The molecule has 1 atom stereocenters. The minimum atomic E-state index is -0.248. The highest BCUT2D eigenvalue weighted by Crippen LogP contribution is 2.40. The molecule has 5 rings (SSSR count). The van der Waals surface area contributed by atoms with Crippen molar-refractivity contribution in [2.75, 3.05) is 30.0 Å². The third-order valence-corrected chi connectivity index (χ3v) is 8.40. The lowest BCUT2D eigenvalue weighted by Gasteiger charge is -2.41. The smallest absolute Gasteiger partial charge is 0.255 e. The summed E-state index contributed by atoms with van der Waals surface area (Å²) in [5.41, 5.74) is 3.87. The van der Waals surface area contributed by atoms with Crippen LogP contribution in [0.1, 0.15) is 57.1 Å². The molecule has 2 heterocycles. The number of carbonyl (C=O) groups excluding carboxylic acids is 2. The first-order chi connectivity index (χ1) is 18.0. The maximum atomic E-state index is 13.6. The molecule has 1 saturated heterocycles. The van der Waals surface area contributed by atoms with Gasteiger partial charge in [0.1, 0.15) is 5.75 Å². The molecule has 2 aromatic carbocycles. The van der Waals surface area contributed by atoms with E-state index in [-0.39, 0.29) is 23.8 Å². The van der Waals surface area contributed by atoms with Crippen molar-refractivity contribution >= 4 is 40.1 Å². The zero-order valence-electron chi connectivity index (χ0n) is 21.5. The average Bonchev–Trinajstić information content (AvgIpc) is 2.93. The van der Waals surface area contributed by atoms with E-state index in [1.807, 2.05) is 55.5 Å². The summed E-state index contributed by atoms with van der Waals surface area (Å²) >= 11 is 1.74. The Morgan fingerprint density at radius 1 is 0.946 bits per heavy atom. The number of hydrogen-bond donors (Lipinski definition) is 2. The zero-order chi connectivity index (χ0) is 25.8. The number of aliphatic imine (C=N–C) groups is 1. The first-order valence-electron chi connectivity index (χ1n) is 13.1. The first kappa shape index (κ1) is 25.4. The van der Waals surface area contributed by atoms with E-state index in [9.17, 15) is 9.59 Å². The Labute approximate surface area is 222 Å². The van der Waals surface area contributed by atoms with Gasteiger partial charge < -0.3 is 20.3 Å². The predicted octanol–water partition coefficient (Wildman–Crippen LogP) is 5.98. The van der Waals surface area contributed by atoms with Gasteiger partial charge in [0, 0.05) is 29.6 Å². The van der Waals surface area contributed by atoms with Gasteiger partial charge in [-0.1, -0.05) is 43.2 Å². The number of amides is 2. The van der Waals surface area contributed by atoms with Gasteiger partial charge in [-0.3, -0.25) is 9.59 Å². The Morgan fingerprint density at radius 3 is 2.32 bits per heavy atom. The summed E-state index contributed by atoms with van der Waals surface area (Å²) in [5.74, 6) is 1.81. The molecule has 2 aromatic rings. The fourth-order valence-corrected chi connectivity index (χ4v) is 6.36. The normalized spacial score (nSPS) is 20.1. The molecule has 0 radical (unpaired) electrons. The quantitative estimate of drug-likeness (QED) is 0.492. The van der Waals surface area contributed by atoms with Crippen molar-refractivity contribution < 1.29 is 14.3 Å². The van der Waals surface area contributed by atoms with Gasteiger partial charge in [-0.05, 0) is 68.1 Å². The largest absolute Gasteiger partial charge is 0.497 e. The van der Waals surface area contributed by atoms with Crippen LogP contribution in [0.2, 0.25) is 0 Å². The Bertz CT molecular complexity index is 1200. The number of thioether (sulfide) groups is 1. The standard InChI is InChI=1S/C29H34N4O3S/c1-19-25(28(35)32-23-13-15-24(36-2)16-14-23)26(33-17-6-18-37-29(33)30-19)20-9-11-22(12-10-20)31-27(34)21-7-4-3-5-8-21/h9-16,21,26H,3-8,17-18H2,1-2H3,(H,31,34)(H,32,35). The first-order valence-corrected chi connectivity index (χ1v) is 14.1. The molecule has 0 bridgehead atoms. The van der Waals surface area contributed by atoms with Crippen molar-refractivity contribution in [2.45, 2.75) is 51.5 Å². The highest BCUT2D eigenvalue weighted by Gasteiger charge is 2.37. The Morgan fingerprint density at radius 2 is 1.62 bits per heavy atom. The third-order valence-electron chi connectivity index (χ3n) is 7.32. The summed E-state index contributed by atoms with van der Waals surface area (Å²) < 4.78 is 5.23. The molecule has 2 aliphatic heterocycles. The third kappa shape index (κ3) is 5.69. The molecule has 2 amide bonds. The van der Waals surface area contributed by atoms with Gasteiger partial charge in [0.2, 0.25) is 5.91 Å². The lowest BCUT2D eigenvalue weighted by molar-refractivity contribution is -0.120. The number of carbonyl (C=O) groups is 2. The van der Waals surface area contributed by atoms with E-state index in [1.165, 1.54) is 6.42 Å². The summed E-state index contributed by atoms with van der Waals surface area (Å²) in [7, 11) is 1.62. The number of allylic oxidation sites excluding steroid dienone is 1. The second-order valence-electron chi connectivity index (χ2n) is 9.82. The van der Waals surface area contributed by atoms with Gasteiger partial charge >= 0.3 is 0 Å². The SMILES string of the molecule is COc1ccc(NC(=O)C2=C(C)N=C3SCCCN3C2c2ccc(NC(=O)C3CCCCC3)cc2)cc1. The number of rotatable bonds is 6. The fourth-order valence-electron chi connectivity index (χ4n) is 5.34. The van der Waals surface area contributed by atoms with Crippen LogP contribution in [0.15, 0.2) is 64.8 Å². The van der Waals surface area contributed by atoms with Crippen LogP contribution in [0.25, 0.3) is 0 Å². The van der Waals surface area contributed by atoms with Crippen LogP contribution in [0.5, 0.6) is 5.75 Å².